The van der Waals surface area contributed by atoms with Crippen molar-refractivity contribution in [2.75, 3.05) is 28.2 Å². The maximum absolute atomic E-state index is 13.6. The van der Waals surface area contributed by atoms with E-state index in [9.17, 15) is 61.5 Å². The fourth-order valence-corrected chi connectivity index (χ4v) is 7.98. The summed E-state index contributed by atoms with van der Waals surface area (Å²) in [7, 11) is 6.72. The molecule has 592 valence electrons. The maximum Gasteiger partial charge on any atom is 0.420 e. The number of rotatable bonds is 8. The third kappa shape index (κ3) is 27.4. The Morgan fingerprint density at radius 2 is 0.647 bits per heavy atom. The molecule has 0 aliphatic carbocycles. The molecule has 0 amide bonds. The van der Waals surface area contributed by atoms with Gasteiger partial charge in [0.05, 0.1) is 83.5 Å². The Kier molecular flexibility index (Phi) is 37.4. The van der Waals surface area contributed by atoms with Crippen molar-refractivity contribution in [3.8, 4) is 51.6 Å². The van der Waals surface area contributed by atoms with Crippen molar-refractivity contribution in [3.05, 3.63) is 283 Å². The van der Waals surface area contributed by atoms with Crippen LogP contribution >= 0.6 is 0 Å². The van der Waals surface area contributed by atoms with E-state index < -0.39 is 88.3 Å². The summed E-state index contributed by atoms with van der Waals surface area (Å²) in [6.07, 6.45) is 17.9. The smallest absolute Gasteiger partial charge is 0.319 e. The molecule has 0 unspecified atom stereocenters. The largest absolute Gasteiger partial charge is 0.420 e. The second-order valence-electron chi connectivity index (χ2n) is 20.8. The fraction of sp³-hybridized carbons (Fsp3) is 0.0556. The van der Waals surface area contributed by atoms with Crippen molar-refractivity contribution in [1.29, 1.82) is 5.26 Å². The van der Waals surface area contributed by atoms with Gasteiger partial charge >= 0.3 is 49.4 Å². The molecular weight excluding hydrogens is 2260 g/mol. The Morgan fingerprint density at radius 1 is 0.336 bits per heavy atom. The summed E-state index contributed by atoms with van der Waals surface area (Å²) in [4.78, 5) is 46.1. The first-order valence-electron chi connectivity index (χ1n) is 30.7. The first-order chi connectivity index (χ1) is 53.9. The summed E-state index contributed by atoms with van der Waals surface area (Å²) in [6, 6.07) is 53.4. The van der Waals surface area contributed by atoms with Gasteiger partial charge in [0, 0.05) is 147 Å². The summed E-state index contributed by atoms with van der Waals surface area (Å²) in [6.45, 7) is 0. The summed E-state index contributed by atoms with van der Waals surface area (Å²) in [5, 5.41) is 23.7. The van der Waals surface area contributed by atoms with Gasteiger partial charge in [-0.1, -0.05) is 28.8 Å². The number of hydrogen-bond acceptors (Lipinski definition) is 18. The molecule has 26 nitrogen and oxygen atoms in total. The van der Waals surface area contributed by atoms with E-state index in [0.29, 0.717) is 0 Å². The molecule has 0 saturated carbocycles. The van der Waals surface area contributed by atoms with Gasteiger partial charge in [-0.05, 0) is 24.3 Å². The van der Waals surface area contributed by atoms with Gasteiger partial charge < -0.3 is 19.9 Å². The zero-order valence-corrected chi connectivity index (χ0v) is 68.0. The van der Waals surface area contributed by atoms with E-state index in [1.54, 1.807) is 64.8 Å². The van der Waals surface area contributed by atoms with Crippen LogP contribution in [0.25, 0.3) is 45.6 Å². The van der Waals surface area contributed by atoms with Crippen molar-refractivity contribution in [1.82, 2.24) is 64.8 Å². The molecule has 4 aliphatic heterocycles. The van der Waals surface area contributed by atoms with E-state index in [1.807, 2.05) is 24.3 Å². The van der Waals surface area contributed by atoms with E-state index in [4.69, 9.17) is 5.26 Å². The van der Waals surface area contributed by atoms with Crippen molar-refractivity contribution in [2.24, 2.45) is 20.4 Å². The first-order valence-corrected chi connectivity index (χ1v) is 30.7. The first kappa shape index (κ1) is 93.6. The predicted octanol–water partition coefficient (Wildman–Crippen LogP) is 10.2. The fourth-order valence-electron chi connectivity index (χ4n) is 7.98. The third-order valence-corrected chi connectivity index (χ3v) is 12.8. The molecule has 44 heteroatoms. The Bertz CT molecular complexity index is 5430. The number of aromatic nitrogens is 13. The van der Waals surface area contributed by atoms with Crippen LogP contribution in [0.5, 0.6) is 0 Å². The number of hydrogen-bond donors (Lipinski definition) is 0. The zero-order chi connectivity index (χ0) is 80.2. The third-order valence-electron chi connectivity index (χ3n) is 12.8. The van der Waals surface area contributed by atoms with E-state index in [1.165, 1.54) is 86.9 Å². The van der Waals surface area contributed by atoms with E-state index in [2.05, 4.69) is 158 Å². The molecule has 13 heterocycles. The molecule has 9 aromatic heterocycles. The molecule has 16 rings (SSSR count). The summed E-state index contributed by atoms with van der Waals surface area (Å²) in [5.41, 5.74) is -0.0464. The van der Waals surface area contributed by atoms with Crippen LogP contribution in [0.4, 0.5) is 84.2 Å². The SMILES string of the molecule is C[N+]1=C=[N+](c2[c-]cc(F)nc2F)N=C1.C[N+]1=C=[N+](c2[c-]cc(F)nc2F)N=C1.C[N+]1=C=[N+](c2[c-]cc(F)nc2F)N=C1.C[N+]1=C=[N+](c2[c-]cc(F)nc2F)N=C1.Fc1c[c-]c(-c2ncccn2)c(F)c1.Fc1c[c-]c(-c2ncccn2)c(F)n1.N#Cc1c(F)c[c-]c(-c2ncccn2)c1F.[Ir].[Ir].[Ir].[Ir].[c-]1ccccc1-c1ncccn1. The van der Waals surface area contributed by atoms with Gasteiger partial charge in [-0.15, -0.1) is 133 Å². The number of nitrogens with zero attached hydrogens (tertiary/aromatic N) is 26. The van der Waals surface area contributed by atoms with Crippen LogP contribution in [0.15, 0.2) is 167 Å². The van der Waals surface area contributed by atoms with E-state index in [0.717, 1.165) is 78.7 Å². The van der Waals surface area contributed by atoms with E-state index >= 15 is 0 Å². The molecule has 116 heavy (non-hydrogen) atoms. The minimum Gasteiger partial charge on any atom is -0.319 e. The van der Waals surface area contributed by atoms with Crippen LogP contribution in [-0.4, -0.2) is 179 Å². The van der Waals surface area contributed by atoms with Crippen molar-refractivity contribution >= 4 is 72.1 Å². The van der Waals surface area contributed by atoms with Crippen LogP contribution in [0.1, 0.15) is 5.56 Å². The second kappa shape index (κ2) is 46.3. The van der Waals surface area contributed by atoms with Crippen LogP contribution in [0.2, 0.25) is 0 Å². The standard InChI is InChI=1S/C11H4F2N3.C10H5F2N2.C10H7N2.C9H4F2N3.4C8H5F2N4.4Ir/c12-9-3-2-7(10(13)8(9)6-14)11-15-4-1-5-16-11;11-7-2-3-8(9(12)6-7)10-13-4-1-5-14-10;1-2-5-9(6-3-1)10-11-7-4-8-12-10;10-7-3-2-6(8(11)14-7)9-12-4-1-5-13-9;4*1-13-4-11-14(5-13)6-2-3-7(9)12-8(6)10;;;;/h1,3-5H;1-2,4-6H;1-5,7-8H;1,3-5H;4*3-4H,1H3;;;;/q4*-1;4*+1;;;;. The van der Waals surface area contributed by atoms with E-state index in [-0.39, 0.29) is 137 Å². The average Bonchev–Trinajstić information content (AvgIpc) is 1.10. The van der Waals surface area contributed by atoms with Gasteiger partial charge in [0.15, 0.2) is 46.5 Å². The van der Waals surface area contributed by atoms with Crippen molar-refractivity contribution < 1.29 is 179 Å². The molecule has 4 radical (unpaired) electrons. The number of pyridine rings is 5. The quantitative estimate of drug-likeness (QED) is 0.0593. The number of halogens is 14. The molecule has 0 fully saturated rings. The van der Waals surface area contributed by atoms with Gasteiger partial charge in [0.2, 0.25) is 20.4 Å². The Balaban J connectivity index is 0.000000235. The monoisotopic (exact) mass is 2310 g/mol. The molecule has 0 bridgehead atoms. The molecule has 0 saturated heterocycles. The van der Waals surface area contributed by atoms with Gasteiger partial charge in [-0.2, -0.15) is 5.26 Å². The molecule has 0 atom stereocenters. The minimum absolute atomic E-state index is 0. The zero-order valence-electron chi connectivity index (χ0n) is 58.4. The molecule has 0 N–H and O–H groups in total. The average molecular weight is 2300 g/mol. The van der Waals surface area contributed by atoms with Gasteiger partial charge in [-0.25, -0.2) is 8.78 Å². The van der Waals surface area contributed by atoms with Crippen LogP contribution in [0.3, 0.4) is 0 Å². The number of benzene rings is 3. The van der Waals surface area contributed by atoms with Crippen LogP contribution < -0.4 is 0 Å². The molecule has 0 spiro atoms. The summed E-state index contributed by atoms with van der Waals surface area (Å²) in [5.74, 6) is -11.6. The van der Waals surface area contributed by atoms with Gasteiger partial charge in [0.25, 0.3) is 0 Å². The summed E-state index contributed by atoms with van der Waals surface area (Å²) >= 11 is 0. The molecule has 4 aliphatic rings. The Labute approximate surface area is 700 Å². The summed E-state index contributed by atoms with van der Waals surface area (Å²) < 4.78 is 190. The molecule has 12 aromatic rings. The normalized spacial score (nSPS) is 11.7. The van der Waals surface area contributed by atoms with Crippen molar-refractivity contribution in [3.63, 3.8) is 0 Å². The van der Waals surface area contributed by atoms with Crippen LogP contribution in [0, 0.1) is 143 Å². The van der Waals surface area contributed by atoms with Gasteiger partial charge in [-0.3, -0.25) is 97.5 Å². The Morgan fingerprint density at radius 3 is 0.948 bits per heavy atom. The van der Waals surface area contributed by atoms with Crippen molar-refractivity contribution in [2.45, 2.75) is 0 Å². The second-order valence-corrected chi connectivity index (χ2v) is 20.8. The van der Waals surface area contributed by atoms with Gasteiger partial charge in [0.1, 0.15) is 40.1 Å². The maximum atomic E-state index is 13.6. The minimum atomic E-state index is -0.992. The predicted molar refractivity (Wildman–Crippen MR) is 358 cm³/mol. The number of nitriles is 1. The molecular formula is C72H40F14Ir4N26. The topological polar surface area (TPSA) is 265 Å². The Hall–Kier alpha value is -13.0. The van der Waals surface area contributed by atoms with Crippen LogP contribution in [-0.2, 0) is 80.4 Å². The number of hydrazone groups is 4. The molecule has 3 aromatic carbocycles.